The van der Waals surface area contributed by atoms with Gasteiger partial charge in [0.25, 0.3) is 0 Å². The van der Waals surface area contributed by atoms with Crippen LogP contribution < -0.4 is 0 Å². The molecule has 0 fully saturated rings. The molecule has 0 nitrogen and oxygen atoms in total. The Morgan fingerprint density at radius 3 is 2.62 bits per heavy atom. The molecular formula is C12H5Br2IS. The lowest BCUT2D eigenvalue weighted by Gasteiger charge is -1.97. The van der Waals surface area contributed by atoms with Gasteiger partial charge in [-0.3, -0.25) is 0 Å². The van der Waals surface area contributed by atoms with Crippen LogP contribution in [0.4, 0.5) is 0 Å². The summed E-state index contributed by atoms with van der Waals surface area (Å²) in [5.74, 6) is 0. The number of halogens is 3. The average Bonchev–Trinajstić information content (AvgIpc) is 2.54. The predicted octanol–water partition coefficient (Wildman–Crippen LogP) is 6.18. The minimum Gasteiger partial charge on any atom is -0.135 e. The molecule has 3 aromatic rings. The molecule has 0 radical (unpaired) electrons. The number of hydrogen-bond donors (Lipinski definition) is 0. The molecule has 0 saturated carbocycles. The van der Waals surface area contributed by atoms with Gasteiger partial charge < -0.3 is 0 Å². The first-order valence-corrected chi connectivity index (χ1v) is 8.10. The van der Waals surface area contributed by atoms with Crippen molar-refractivity contribution in [2.24, 2.45) is 0 Å². The zero-order chi connectivity index (χ0) is 11.3. The van der Waals surface area contributed by atoms with Crippen molar-refractivity contribution in [2.45, 2.75) is 0 Å². The molecule has 0 aliphatic carbocycles. The van der Waals surface area contributed by atoms with Gasteiger partial charge in [-0.15, -0.1) is 11.3 Å². The monoisotopic (exact) mass is 466 g/mol. The van der Waals surface area contributed by atoms with Gasteiger partial charge in [0.15, 0.2) is 0 Å². The van der Waals surface area contributed by atoms with E-state index in [4.69, 9.17) is 0 Å². The van der Waals surface area contributed by atoms with Crippen molar-refractivity contribution < 1.29 is 0 Å². The van der Waals surface area contributed by atoms with E-state index in [1.165, 1.54) is 23.7 Å². The highest BCUT2D eigenvalue weighted by atomic mass is 127. The van der Waals surface area contributed by atoms with E-state index in [1.807, 2.05) is 11.3 Å². The fourth-order valence-corrected chi connectivity index (χ4v) is 5.16. The minimum absolute atomic E-state index is 1.12. The molecule has 0 spiro atoms. The summed E-state index contributed by atoms with van der Waals surface area (Å²) in [6.07, 6.45) is 0. The number of hydrogen-bond acceptors (Lipinski definition) is 1. The Morgan fingerprint density at radius 1 is 1.00 bits per heavy atom. The van der Waals surface area contributed by atoms with Crippen LogP contribution in [0.2, 0.25) is 0 Å². The van der Waals surface area contributed by atoms with Gasteiger partial charge in [-0.25, -0.2) is 0 Å². The summed E-state index contributed by atoms with van der Waals surface area (Å²) in [5.41, 5.74) is 0. The van der Waals surface area contributed by atoms with Crippen LogP contribution in [-0.4, -0.2) is 0 Å². The summed E-state index contributed by atoms with van der Waals surface area (Å²) in [7, 11) is 0. The van der Waals surface area contributed by atoms with Crippen molar-refractivity contribution in [3.8, 4) is 0 Å². The average molecular weight is 468 g/mol. The lowest BCUT2D eigenvalue weighted by Crippen LogP contribution is -1.72. The van der Waals surface area contributed by atoms with E-state index < -0.39 is 0 Å². The minimum atomic E-state index is 1.12. The van der Waals surface area contributed by atoms with Crippen LogP contribution in [0.15, 0.2) is 39.3 Å². The Hall–Kier alpha value is 0.350. The molecular weight excluding hydrogens is 463 g/mol. The maximum atomic E-state index is 3.65. The Labute approximate surface area is 127 Å². The SMILES string of the molecule is Brc1cc(Br)c2c(c1)sc1ccc(I)cc12. The van der Waals surface area contributed by atoms with E-state index in [9.17, 15) is 0 Å². The van der Waals surface area contributed by atoms with Crippen LogP contribution in [0, 0.1) is 3.57 Å². The first kappa shape index (κ1) is 11.4. The molecule has 0 saturated heterocycles. The molecule has 1 heterocycles. The van der Waals surface area contributed by atoms with Crippen LogP contribution in [-0.2, 0) is 0 Å². The summed E-state index contributed by atoms with van der Waals surface area (Å²) in [6.45, 7) is 0. The molecule has 0 amide bonds. The Morgan fingerprint density at radius 2 is 1.81 bits per heavy atom. The third kappa shape index (κ3) is 1.83. The molecule has 0 unspecified atom stereocenters. The van der Waals surface area contributed by atoms with Gasteiger partial charge in [0.1, 0.15) is 0 Å². The number of rotatable bonds is 0. The standard InChI is InChI=1S/C12H5Br2IS/c13-6-3-9(14)12-8-5-7(15)1-2-10(8)16-11(12)4-6/h1-5H. The van der Waals surface area contributed by atoms with Crippen molar-refractivity contribution in [2.75, 3.05) is 0 Å². The summed E-state index contributed by atoms with van der Waals surface area (Å²) in [4.78, 5) is 0. The predicted molar refractivity (Wildman–Crippen MR) is 87.4 cm³/mol. The first-order valence-electron chi connectivity index (χ1n) is 4.62. The van der Waals surface area contributed by atoms with Crippen molar-refractivity contribution in [3.05, 3.63) is 42.8 Å². The number of benzene rings is 2. The van der Waals surface area contributed by atoms with Gasteiger partial charge >= 0.3 is 0 Å². The van der Waals surface area contributed by atoms with Gasteiger partial charge in [-0.05, 0) is 52.9 Å². The topological polar surface area (TPSA) is 0 Å². The van der Waals surface area contributed by atoms with Crippen molar-refractivity contribution in [3.63, 3.8) is 0 Å². The molecule has 4 heteroatoms. The highest BCUT2D eigenvalue weighted by molar-refractivity contribution is 14.1. The van der Waals surface area contributed by atoms with E-state index in [0.717, 1.165) is 8.95 Å². The van der Waals surface area contributed by atoms with Crippen LogP contribution in [0.1, 0.15) is 0 Å². The second-order valence-corrected chi connectivity index (χ2v) is 7.60. The van der Waals surface area contributed by atoms with E-state index in [0.29, 0.717) is 0 Å². The maximum absolute atomic E-state index is 3.65. The Bertz CT molecular complexity index is 703. The molecule has 0 aliphatic rings. The molecule has 3 rings (SSSR count). The largest absolute Gasteiger partial charge is 0.135 e. The highest BCUT2D eigenvalue weighted by Crippen LogP contribution is 2.40. The zero-order valence-corrected chi connectivity index (χ0v) is 14.1. The zero-order valence-electron chi connectivity index (χ0n) is 7.93. The number of thiophene rings is 1. The number of fused-ring (bicyclic) bond motifs is 3. The normalized spacial score (nSPS) is 11.4. The van der Waals surface area contributed by atoms with Crippen molar-refractivity contribution in [1.29, 1.82) is 0 Å². The van der Waals surface area contributed by atoms with Crippen LogP contribution in [0.5, 0.6) is 0 Å². The summed E-state index contributed by atoms with van der Waals surface area (Å²) >= 11 is 11.4. The summed E-state index contributed by atoms with van der Waals surface area (Å²) in [5, 5.41) is 2.66. The van der Waals surface area contributed by atoms with Gasteiger partial charge in [0, 0.05) is 32.7 Å². The van der Waals surface area contributed by atoms with E-state index in [1.54, 1.807) is 0 Å². The lowest BCUT2D eigenvalue weighted by molar-refractivity contribution is 1.71. The fraction of sp³-hybridized carbons (Fsp3) is 0. The second kappa shape index (κ2) is 4.23. The molecule has 0 N–H and O–H groups in total. The fourth-order valence-electron chi connectivity index (χ4n) is 1.80. The third-order valence-electron chi connectivity index (χ3n) is 2.45. The lowest BCUT2D eigenvalue weighted by atomic mass is 10.1. The first-order chi connectivity index (χ1) is 7.65. The van der Waals surface area contributed by atoms with E-state index in [2.05, 4.69) is 84.8 Å². The second-order valence-electron chi connectivity index (χ2n) is 3.50. The van der Waals surface area contributed by atoms with Gasteiger partial charge in [0.05, 0.1) is 0 Å². The smallest absolute Gasteiger partial charge is 0.0377 e. The highest BCUT2D eigenvalue weighted by Gasteiger charge is 2.09. The molecule has 1 aromatic heterocycles. The summed E-state index contributed by atoms with van der Waals surface area (Å²) in [6, 6.07) is 10.9. The van der Waals surface area contributed by atoms with Gasteiger partial charge in [-0.1, -0.05) is 31.9 Å². The molecule has 0 bridgehead atoms. The molecule has 0 atom stereocenters. The van der Waals surface area contributed by atoms with Crippen LogP contribution in [0.25, 0.3) is 20.2 Å². The summed E-state index contributed by atoms with van der Waals surface area (Å²) < 4.78 is 6.21. The van der Waals surface area contributed by atoms with Gasteiger partial charge in [-0.2, -0.15) is 0 Å². The van der Waals surface area contributed by atoms with E-state index in [-0.39, 0.29) is 0 Å². The molecule has 16 heavy (non-hydrogen) atoms. The maximum Gasteiger partial charge on any atom is 0.0377 e. The Kier molecular flexibility index (Phi) is 3.02. The molecule has 2 aromatic carbocycles. The third-order valence-corrected chi connectivity index (χ3v) is 5.32. The van der Waals surface area contributed by atoms with Crippen molar-refractivity contribution >= 4 is 86.0 Å². The quantitative estimate of drug-likeness (QED) is 0.346. The van der Waals surface area contributed by atoms with Crippen molar-refractivity contribution in [1.82, 2.24) is 0 Å². The molecule has 0 aliphatic heterocycles. The Balaban J connectivity index is 2.57. The van der Waals surface area contributed by atoms with Crippen LogP contribution >= 0.6 is 65.8 Å². The van der Waals surface area contributed by atoms with Gasteiger partial charge in [0.2, 0.25) is 0 Å². The van der Waals surface area contributed by atoms with E-state index >= 15 is 0 Å². The van der Waals surface area contributed by atoms with Crippen LogP contribution in [0.3, 0.4) is 0 Å². The molecule has 80 valence electrons.